The summed E-state index contributed by atoms with van der Waals surface area (Å²) < 4.78 is 15.6. The lowest BCUT2D eigenvalue weighted by atomic mass is 10.1. The zero-order valence-corrected chi connectivity index (χ0v) is 13.4. The third kappa shape index (κ3) is 4.01. The van der Waals surface area contributed by atoms with Crippen molar-refractivity contribution >= 4 is 11.7 Å². The van der Waals surface area contributed by atoms with E-state index in [0.29, 0.717) is 6.61 Å². The van der Waals surface area contributed by atoms with E-state index in [0.717, 1.165) is 11.6 Å². The van der Waals surface area contributed by atoms with Gasteiger partial charge < -0.3 is 14.2 Å². The van der Waals surface area contributed by atoms with Gasteiger partial charge in [0, 0.05) is 6.07 Å². The van der Waals surface area contributed by atoms with E-state index in [1.807, 2.05) is 18.2 Å². The first-order valence-electron chi connectivity index (χ1n) is 7.27. The van der Waals surface area contributed by atoms with Crippen molar-refractivity contribution in [3.63, 3.8) is 0 Å². The van der Waals surface area contributed by atoms with Crippen molar-refractivity contribution in [3.8, 4) is 11.5 Å². The van der Waals surface area contributed by atoms with E-state index in [1.54, 1.807) is 19.1 Å². The Balaban J connectivity index is 2.30. The first-order valence-corrected chi connectivity index (χ1v) is 7.27. The third-order valence-corrected chi connectivity index (χ3v) is 3.21. The van der Waals surface area contributed by atoms with Crippen molar-refractivity contribution in [1.29, 1.82) is 0 Å². The van der Waals surface area contributed by atoms with E-state index in [2.05, 4.69) is 0 Å². The Morgan fingerprint density at radius 3 is 2.46 bits per heavy atom. The second-order valence-electron chi connectivity index (χ2n) is 4.77. The van der Waals surface area contributed by atoms with Crippen LogP contribution in [0.2, 0.25) is 0 Å². The Hall–Kier alpha value is -3.09. The second kappa shape index (κ2) is 7.96. The van der Waals surface area contributed by atoms with E-state index < -0.39 is 16.6 Å². The maximum atomic E-state index is 12.3. The van der Waals surface area contributed by atoms with Crippen LogP contribution in [0.5, 0.6) is 11.5 Å². The molecule has 0 aromatic heterocycles. The molecular weight excluding hydrogens is 314 g/mol. The second-order valence-corrected chi connectivity index (χ2v) is 4.77. The lowest BCUT2D eigenvalue weighted by molar-refractivity contribution is -0.385. The number of hydrogen-bond acceptors (Lipinski definition) is 6. The summed E-state index contributed by atoms with van der Waals surface area (Å²) in [6.45, 7) is 2.10. The first kappa shape index (κ1) is 17.3. The zero-order valence-electron chi connectivity index (χ0n) is 13.4. The minimum absolute atomic E-state index is 0.0207. The number of esters is 1. The number of methoxy groups -OCH3 is 1. The molecule has 0 fully saturated rings. The predicted octanol–water partition coefficient (Wildman–Crippen LogP) is 3.36. The van der Waals surface area contributed by atoms with Gasteiger partial charge in [-0.25, -0.2) is 4.79 Å². The molecule has 0 aliphatic heterocycles. The Labute approximate surface area is 138 Å². The quantitative estimate of drug-likeness (QED) is 0.439. The van der Waals surface area contributed by atoms with E-state index in [-0.39, 0.29) is 23.7 Å². The number of benzene rings is 2. The van der Waals surface area contributed by atoms with Crippen molar-refractivity contribution < 1.29 is 23.9 Å². The maximum absolute atomic E-state index is 12.3. The summed E-state index contributed by atoms with van der Waals surface area (Å²) in [5.74, 6) is -0.366. The molecule has 0 radical (unpaired) electrons. The van der Waals surface area contributed by atoms with Crippen molar-refractivity contribution in [3.05, 3.63) is 63.7 Å². The minimum Gasteiger partial charge on any atom is -0.493 e. The van der Waals surface area contributed by atoms with Gasteiger partial charge in [-0.2, -0.15) is 0 Å². The summed E-state index contributed by atoms with van der Waals surface area (Å²) in [5, 5.41) is 11.2. The van der Waals surface area contributed by atoms with E-state index in [1.165, 1.54) is 13.2 Å². The summed E-state index contributed by atoms with van der Waals surface area (Å²) in [6, 6.07) is 11.5. The van der Waals surface area contributed by atoms with Crippen molar-refractivity contribution in [2.75, 3.05) is 13.7 Å². The highest BCUT2D eigenvalue weighted by Crippen LogP contribution is 2.35. The van der Waals surface area contributed by atoms with Crippen LogP contribution in [0.3, 0.4) is 0 Å². The highest BCUT2D eigenvalue weighted by Gasteiger charge is 2.25. The number of carbonyl (C=O) groups excluding carboxylic acids is 1. The molecule has 0 spiro atoms. The SMILES string of the molecule is CCOc1cc(C(=O)OCc2ccccc2)c([N+](=O)[O-])cc1OC. The van der Waals surface area contributed by atoms with Crippen molar-refractivity contribution in [2.45, 2.75) is 13.5 Å². The maximum Gasteiger partial charge on any atom is 0.345 e. The molecule has 7 nitrogen and oxygen atoms in total. The summed E-state index contributed by atoms with van der Waals surface area (Å²) >= 11 is 0. The summed E-state index contributed by atoms with van der Waals surface area (Å²) in [4.78, 5) is 22.9. The van der Waals surface area contributed by atoms with Gasteiger partial charge in [-0.3, -0.25) is 10.1 Å². The van der Waals surface area contributed by atoms with Gasteiger partial charge >= 0.3 is 5.97 Å². The standard InChI is InChI=1S/C17H17NO6/c1-3-23-16-9-13(14(18(20)21)10-15(16)22-2)17(19)24-11-12-7-5-4-6-8-12/h4-10H,3,11H2,1-2H3. The van der Waals surface area contributed by atoms with Crippen LogP contribution in [0.4, 0.5) is 5.69 Å². The molecule has 0 bridgehead atoms. The van der Waals surface area contributed by atoms with Crippen LogP contribution in [-0.4, -0.2) is 24.6 Å². The summed E-state index contributed by atoms with van der Waals surface area (Å²) in [7, 11) is 1.37. The van der Waals surface area contributed by atoms with Crippen LogP contribution < -0.4 is 9.47 Å². The molecular formula is C17H17NO6. The minimum atomic E-state index is -0.797. The molecule has 0 saturated heterocycles. The van der Waals surface area contributed by atoms with Gasteiger partial charge in [-0.1, -0.05) is 30.3 Å². The topological polar surface area (TPSA) is 87.9 Å². The summed E-state index contributed by atoms with van der Waals surface area (Å²) in [5.41, 5.74) is 0.209. The highest BCUT2D eigenvalue weighted by molar-refractivity contribution is 5.95. The molecule has 0 atom stereocenters. The van der Waals surface area contributed by atoms with Gasteiger partial charge in [0.2, 0.25) is 0 Å². The molecule has 0 saturated carbocycles. The van der Waals surface area contributed by atoms with Gasteiger partial charge in [0.1, 0.15) is 12.2 Å². The largest absolute Gasteiger partial charge is 0.493 e. The third-order valence-electron chi connectivity index (χ3n) is 3.21. The fourth-order valence-electron chi connectivity index (χ4n) is 2.09. The Morgan fingerprint density at radius 1 is 1.17 bits per heavy atom. The normalized spacial score (nSPS) is 10.1. The molecule has 0 aliphatic carbocycles. The number of rotatable bonds is 7. The lowest BCUT2D eigenvalue weighted by Gasteiger charge is -2.11. The smallest absolute Gasteiger partial charge is 0.345 e. The summed E-state index contributed by atoms with van der Waals surface area (Å²) in [6.07, 6.45) is 0. The van der Waals surface area contributed by atoms with E-state index in [4.69, 9.17) is 14.2 Å². The molecule has 126 valence electrons. The zero-order chi connectivity index (χ0) is 17.5. The number of nitro benzene ring substituents is 1. The number of hydrogen-bond donors (Lipinski definition) is 0. The molecule has 7 heteroatoms. The first-order chi connectivity index (χ1) is 11.6. The van der Waals surface area contributed by atoms with Gasteiger partial charge in [0.05, 0.1) is 24.7 Å². The fraction of sp³-hybridized carbons (Fsp3) is 0.235. The Morgan fingerprint density at radius 2 is 1.88 bits per heavy atom. The number of ether oxygens (including phenoxy) is 3. The van der Waals surface area contributed by atoms with Crippen molar-refractivity contribution in [2.24, 2.45) is 0 Å². The lowest BCUT2D eigenvalue weighted by Crippen LogP contribution is -2.09. The molecule has 0 amide bonds. The van der Waals surface area contributed by atoms with Gasteiger partial charge in [-0.05, 0) is 12.5 Å². The predicted molar refractivity (Wildman–Crippen MR) is 86.4 cm³/mol. The molecule has 0 N–H and O–H groups in total. The van der Waals surface area contributed by atoms with Gasteiger partial charge in [-0.15, -0.1) is 0 Å². The van der Waals surface area contributed by atoms with Crippen LogP contribution in [0.25, 0.3) is 0 Å². The van der Waals surface area contributed by atoms with Crippen LogP contribution >= 0.6 is 0 Å². The molecule has 2 aromatic rings. The monoisotopic (exact) mass is 331 g/mol. The fourth-order valence-corrected chi connectivity index (χ4v) is 2.09. The highest BCUT2D eigenvalue weighted by atomic mass is 16.6. The average Bonchev–Trinajstić information content (AvgIpc) is 2.60. The Kier molecular flexibility index (Phi) is 5.73. The molecule has 2 aromatic carbocycles. The van der Waals surface area contributed by atoms with Crippen LogP contribution in [0.15, 0.2) is 42.5 Å². The van der Waals surface area contributed by atoms with Crippen LogP contribution in [0.1, 0.15) is 22.8 Å². The van der Waals surface area contributed by atoms with E-state index in [9.17, 15) is 14.9 Å². The number of carbonyl (C=O) groups is 1. The molecule has 24 heavy (non-hydrogen) atoms. The van der Waals surface area contributed by atoms with E-state index >= 15 is 0 Å². The van der Waals surface area contributed by atoms with Gasteiger partial charge in [0.25, 0.3) is 5.69 Å². The number of nitro groups is 1. The Bertz CT molecular complexity index is 729. The molecule has 0 heterocycles. The molecule has 2 rings (SSSR count). The van der Waals surface area contributed by atoms with Crippen LogP contribution in [0, 0.1) is 10.1 Å². The molecule has 0 unspecified atom stereocenters. The van der Waals surface area contributed by atoms with Crippen molar-refractivity contribution in [1.82, 2.24) is 0 Å². The van der Waals surface area contributed by atoms with Crippen LogP contribution in [-0.2, 0) is 11.3 Å². The molecule has 0 aliphatic rings. The average molecular weight is 331 g/mol. The number of nitrogens with zero attached hydrogens (tertiary/aromatic N) is 1. The van der Waals surface area contributed by atoms with Gasteiger partial charge in [0.15, 0.2) is 11.5 Å².